The smallest absolute Gasteiger partial charge is 0.338 e. The molecule has 0 heterocycles. The van der Waals surface area contributed by atoms with Crippen LogP contribution < -0.4 is 9.47 Å². The number of fused-ring (bicyclic) bond motifs is 2. The van der Waals surface area contributed by atoms with E-state index in [1.165, 1.54) is 32.0 Å². The highest BCUT2D eigenvalue weighted by Crippen LogP contribution is 2.43. The first-order valence-electron chi connectivity index (χ1n) is 8.19. The summed E-state index contributed by atoms with van der Waals surface area (Å²) in [6.45, 7) is 10.2. The molecule has 0 aliphatic carbocycles. The molecule has 0 aliphatic rings. The molecule has 0 spiro atoms. The molecule has 136 valence electrons. The minimum atomic E-state index is -0.627. The summed E-state index contributed by atoms with van der Waals surface area (Å²) in [5, 5.41) is 1.81. The summed E-state index contributed by atoms with van der Waals surface area (Å²) < 4.78 is 25.0. The van der Waals surface area contributed by atoms with Crippen LogP contribution in [0.4, 0.5) is 4.39 Å². The molecule has 5 heteroatoms. The van der Waals surface area contributed by atoms with Crippen molar-refractivity contribution in [3.8, 4) is 11.5 Å². The molecule has 0 bridgehead atoms. The molecular weight excluding hydrogens is 347 g/mol. The third-order valence-corrected chi connectivity index (χ3v) is 3.97. The van der Waals surface area contributed by atoms with E-state index in [2.05, 4.69) is 13.2 Å². The van der Waals surface area contributed by atoms with Gasteiger partial charge in [-0.05, 0) is 32.0 Å². The topological polar surface area (TPSA) is 52.6 Å². The van der Waals surface area contributed by atoms with Crippen molar-refractivity contribution >= 4 is 33.5 Å². The van der Waals surface area contributed by atoms with Crippen molar-refractivity contribution < 1.29 is 23.5 Å². The van der Waals surface area contributed by atoms with Gasteiger partial charge in [0.1, 0.15) is 17.3 Å². The molecular formula is C22H17FO4. The fourth-order valence-electron chi connectivity index (χ4n) is 2.65. The van der Waals surface area contributed by atoms with Gasteiger partial charge in [0.25, 0.3) is 0 Å². The van der Waals surface area contributed by atoms with Crippen LogP contribution in [-0.4, -0.2) is 11.9 Å². The number of carbonyl (C=O) groups is 2. The number of halogens is 1. The Labute approximate surface area is 155 Å². The van der Waals surface area contributed by atoms with Crippen LogP contribution in [0.1, 0.15) is 13.8 Å². The number of hydrogen-bond donors (Lipinski definition) is 0. The van der Waals surface area contributed by atoms with Gasteiger partial charge in [-0.1, -0.05) is 37.4 Å². The Bertz CT molecular complexity index is 1130. The van der Waals surface area contributed by atoms with Crippen LogP contribution in [0.3, 0.4) is 0 Å². The zero-order chi connectivity index (χ0) is 19.7. The van der Waals surface area contributed by atoms with Crippen molar-refractivity contribution in [3.63, 3.8) is 0 Å². The predicted molar refractivity (Wildman–Crippen MR) is 102 cm³/mol. The summed E-state index contributed by atoms with van der Waals surface area (Å²) in [7, 11) is 0. The highest BCUT2D eigenvalue weighted by atomic mass is 19.1. The number of hydrogen-bond acceptors (Lipinski definition) is 4. The van der Waals surface area contributed by atoms with E-state index in [1.54, 1.807) is 24.3 Å². The third kappa shape index (κ3) is 3.44. The van der Waals surface area contributed by atoms with Gasteiger partial charge in [-0.3, -0.25) is 0 Å². The van der Waals surface area contributed by atoms with Crippen molar-refractivity contribution in [2.24, 2.45) is 0 Å². The Balaban J connectivity index is 2.39. The number of rotatable bonds is 4. The van der Waals surface area contributed by atoms with Crippen molar-refractivity contribution in [1.82, 2.24) is 0 Å². The number of carbonyl (C=O) groups excluding carboxylic acids is 2. The molecule has 0 saturated heterocycles. The number of ether oxygens (including phenoxy) is 2. The fraction of sp³-hybridized carbons (Fsp3) is 0.0909. The van der Waals surface area contributed by atoms with Gasteiger partial charge in [0.15, 0.2) is 0 Å². The van der Waals surface area contributed by atoms with Crippen molar-refractivity contribution in [1.29, 1.82) is 0 Å². The average molecular weight is 364 g/mol. The fourth-order valence-corrected chi connectivity index (χ4v) is 2.65. The lowest BCUT2D eigenvalue weighted by molar-refractivity contribution is -0.130. The summed E-state index contributed by atoms with van der Waals surface area (Å²) >= 11 is 0. The van der Waals surface area contributed by atoms with Crippen molar-refractivity contribution in [3.05, 3.63) is 72.6 Å². The minimum absolute atomic E-state index is 0.184. The lowest BCUT2D eigenvalue weighted by Gasteiger charge is -2.16. The lowest BCUT2D eigenvalue weighted by atomic mass is 10.00. The molecule has 0 aliphatic heterocycles. The summed E-state index contributed by atoms with van der Waals surface area (Å²) in [6.07, 6.45) is 0. The maximum Gasteiger partial charge on any atom is 0.338 e. The van der Waals surface area contributed by atoms with Gasteiger partial charge in [0.2, 0.25) is 0 Å². The van der Waals surface area contributed by atoms with E-state index in [0.717, 1.165) is 0 Å². The molecule has 0 saturated carbocycles. The quantitative estimate of drug-likeness (QED) is 0.280. The maximum absolute atomic E-state index is 14.0. The average Bonchev–Trinajstić information content (AvgIpc) is 2.63. The number of esters is 2. The van der Waals surface area contributed by atoms with Gasteiger partial charge >= 0.3 is 11.9 Å². The lowest BCUT2D eigenvalue weighted by Crippen LogP contribution is -2.11. The maximum atomic E-state index is 14.0. The Morgan fingerprint density at radius 2 is 1.22 bits per heavy atom. The highest BCUT2D eigenvalue weighted by molar-refractivity contribution is 6.13. The zero-order valence-corrected chi connectivity index (χ0v) is 15.0. The van der Waals surface area contributed by atoms with Crippen LogP contribution in [-0.2, 0) is 9.59 Å². The van der Waals surface area contributed by atoms with E-state index in [1.807, 2.05) is 0 Å². The molecule has 0 unspecified atom stereocenters. The summed E-state index contributed by atoms with van der Waals surface area (Å²) in [6, 6.07) is 10.9. The van der Waals surface area contributed by atoms with Crippen molar-refractivity contribution in [2.75, 3.05) is 0 Å². The molecule has 0 amide bonds. The normalized spacial score (nSPS) is 10.6. The molecule has 4 nitrogen and oxygen atoms in total. The van der Waals surface area contributed by atoms with E-state index >= 15 is 0 Å². The molecule has 3 aromatic carbocycles. The summed E-state index contributed by atoms with van der Waals surface area (Å²) in [4.78, 5) is 24.2. The zero-order valence-electron chi connectivity index (χ0n) is 15.0. The van der Waals surface area contributed by atoms with Gasteiger partial charge in [0.05, 0.1) is 0 Å². The molecule has 0 radical (unpaired) electrons. The summed E-state index contributed by atoms with van der Waals surface area (Å²) in [5.41, 5.74) is 0.438. The van der Waals surface area contributed by atoms with Gasteiger partial charge in [-0.15, -0.1) is 0 Å². The first-order valence-corrected chi connectivity index (χ1v) is 8.19. The van der Waals surface area contributed by atoms with Crippen LogP contribution in [0.25, 0.3) is 21.5 Å². The van der Waals surface area contributed by atoms with Gasteiger partial charge < -0.3 is 9.47 Å². The van der Waals surface area contributed by atoms with E-state index in [0.29, 0.717) is 21.5 Å². The van der Waals surface area contributed by atoms with E-state index in [4.69, 9.17) is 9.47 Å². The molecule has 0 N–H and O–H groups in total. The Kier molecular flexibility index (Phi) is 4.77. The van der Waals surface area contributed by atoms with Gasteiger partial charge in [0, 0.05) is 32.7 Å². The Morgan fingerprint density at radius 3 is 1.70 bits per heavy atom. The van der Waals surface area contributed by atoms with E-state index in [-0.39, 0.29) is 22.6 Å². The second-order valence-electron chi connectivity index (χ2n) is 6.23. The molecule has 0 aromatic heterocycles. The second kappa shape index (κ2) is 7.03. The minimum Gasteiger partial charge on any atom is -0.422 e. The Morgan fingerprint density at radius 1 is 0.778 bits per heavy atom. The van der Waals surface area contributed by atoms with E-state index < -0.39 is 17.8 Å². The third-order valence-electron chi connectivity index (χ3n) is 3.97. The number of benzene rings is 3. The molecule has 0 fully saturated rings. The first-order chi connectivity index (χ1) is 12.8. The molecule has 0 atom stereocenters. The summed E-state index contributed by atoms with van der Waals surface area (Å²) in [5.74, 6) is -1.30. The van der Waals surface area contributed by atoms with Crippen LogP contribution in [0.15, 0.2) is 66.8 Å². The molecule has 3 rings (SSSR count). The second-order valence-corrected chi connectivity index (χ2v) is 6.23. The predicted octanol–water partition coefficient (Wildman–Crippen LogP) is 5.10. The first kappa shape index (κ1) is 18.3. The monoisotopic (exact) mass is 364 g/mol. The van der Waals surface area contributed by atoms with Gasteiger partial charge in [-0.25, -0.2) is 14.0 Å². The van der Waals surface area contributed by atoms with Crippen LogP contribution in [0, 0.1) is 5.82 Å². The van der Waals surface area contributed by atoms with Crippen LogP contribution in [0.5, 0.6) is 11.5 Å². The van der Waals surface area contributed by atoms with Crippen LogP contribution >= 0.6 is 0 Å². The highest BCUT2D eigenvalue weighted by Gasteiger charge is 2.21. The largest absolute Gasteiger partial charge is 0.422 e. The van der Waals surface area contributed by atoms with Crippen LogP contribution in [0.2, 0.25) is 0 Å². The Hall–Kier alpha value is -3.47. The van der Waals surface area contributed by atoms with Crippen molar-refractivity contribution in [2.45, 2.75) is 13.8 Å². The standard InChI is InChI=1S/C22H17FO4/c1-12(2)21(24)26-19-15-7-5-6-8-16(15)20(27-22(25)13(3)4)18-11-14(23)9-10-17(18)19/h5-11H,1,3H2,2,4H3. The molecule has 27 heavy (non-hydrogen) atoms. The SMILES string of the molecule is C=C(C)C(=O)Oc1c2ccccc2c(OC(=O)C(=C)C)c2cc(F)ccc12. The van der Waals surface area contributed by atoms with E-state index in [9.17, 15) is 14.0 Å². The molecule has 3 aromatic rings. The van der Waals surface area contributed by atoms with Gasteiger partial charge in [-0.2, -0.15) is 0 Å².